The van der Waals surface area contributed by atoms with Crippen molar-refractivity contribution < 1.29 is 13.2 Å². The van der Waals surface area contributed by atoms with Crippen LogP contribution in [0.1, 0.15) is 44.9 Å². The molecule has 1 N–H and O–H groups in total. The van der Waals surface area contributed by atoms with Crippen LogP contribution in [0.25, 0.3) is 0 Å². The van der Waals surface area contributed by atoms with E-state index >= 15 is 0 Å². The summed E-state index contributed by atoms with van der Waals surface area (Å²) in [4.78, 5) is 0. The Labute approximate surface area is 109 Å². The molecule has 2 spiro atoms. The van der Waals surface area contributed by atoms with Crippen molar-refractivity contribution in [3.05, 3.63) is 0 Å². The fourth-order valence-electron chi connectivity index (χ4n) is 4.24. The first-order valence-corrected chi connectivity index (χ1v) is 9.01. The fraction of sp³-hybridized carbons (Fsp3) is 1.00. The molecular formula is C13H23NO3S. The first kappa shape index (κ1) is 12.9. The highest BCUT2D eigenvalue weighted by Gasteiger charge is 2.55. The van der Waals surface area contributed by atoms with Crippen molar-refractivity contribution in [1.29, 1.82) is 0 Å². The molecule has 2 atom stereocenters. The highest BCUT2D eigenvalue weighted by Crippen LogP contribution is 2.46. The van der Waals surface area contributed by atoms with Gasteiger partial charge in [0, 0.05) is 19.3 Å². The number of hydrogen-bond donors (Lipinski definition) is 1. The lowest BCUT2D eigenvalue weighted by molar-refractivity contribution is -0.170. The van der Waals surface area contributed by atoms with E-state index in [2.05, 4.69) is 5.32 Å². The number of rotatable bonds is 1. The van der Waals surface area contributed by atoms with Crippen LogP contribution in [-0.4, -0.2) is 44.2 Å². The molecule has 104 valence electrons. The van der Waals surface area contributed by atoms with Gasteiger partial charge in [0.05, 0.1) is 16.5 Å². The molecule has 2 aliphatic carbocycles. The molecule has 0 radical (unpaired) electrons. The van der Waals surface area contributed by atoms with E-state index in [4.69, 9.17) is 4.74 Å². The largest absolute Gasteiger partial charge is 0.365 e. The maximum Gasteiger partial charge on any atom is 0.153 e. The van der Waals surface area contributed by atoms with Crippen LogP contribution in [0, 0.1) is 0 Å². The zero-order valence-electron chi connectivity index (χ0n) is 11.1. The molecule has 3 fully saturated rings. The van der Waals surface area contributed by atoms with E-state index in [1.54, 1.807) is 0 Å². The lowest BCUT2D eigenvalue weighted by atomic mass is 9.92. The Morgan fingerprint density at radius 2 is 1.83 bits per heavy atom. The maximum absolute atomic E-state index is 12.0. The van der Waals surface area contributed by atoms with Crippen LogP contribution in [-0.2, 0) is 14.6 Å². The second kappa shape index (κ2) is 4.18. The van der Waals surface area contributed by atoms with Gasteiger partial charge in [0.2, 0.25) is 0 Å². The SMILES string of the molecule is CS(=O)(=O)C1CCCC12CNCC1(CCCC1)O2. The lowest BCUT2D eigenvalue weighted by Crippen LogP contribution is -2.63. The van der Waals surface area contributed by atoms with Gasteiger partial charge in [-0.25, -0.2) is 8.42 Å². The van der Waals surface area contributed by atoms with Crippen molar-refractivity contribution in [1.82, 2.24) is 5.32 Å². The van der Waals surface area contributed by atoms with E-state index in [0.717, 1.165) is 38.6 Å². The van der Waals surface area contributed by atoms with Gasteiger partial charge in [-0.05, 0) is 32.1 Å². The first-order chi connectivity index (χ1) is 8.46. The summed E-state index contributed by atoms with van der Waals surface area (Å²) in [6.45, 7) is 1.59. The molecule has 18 heavy (non-hydrogen) atoms. The molecular weight excluding hydrogens is 250 g/mol. The molecule has 0 amide bonds. The summed E-state index contributed by atoms with van der Waals surface area (Å²) in [7, 11) is -3.02. The molecule has 1 saturated heterocycles. The van der Waals surface area contributed by atoms with Crippen molar-refractivity contribution in [2.24, 2.45) is 0 Å². The van der Waals surface area contributed by atoms with Crippen LogP contribution in [0.3, 0.4) is 0 Å². The van der Waals surface area contributed by atoms with Gasteiger partial charge in [-0.2, -0.15) is 0 Å². The van der Waals surface area contributed by atoms with Gasteiger partial charge >= 0.3 is 0 Å². The molecule has 0 aromatic carbocycles. The molecule has 0 aromatic rings. The molecule has 3 aliphatic rings. The summed E-state index contributed by atoms with van der Waals surface area (Å²) in [6, 6.07) is 0. The topological polar surface area (TPSA) is 55.4 Å². The van der Waals surface area contributed by atoms with Crippen LogP contribution < -0.4 is 5.32 Å². The van der Waals surface area contributed by atoms with Gasteiger partial charge in [-0.3, -0.25) is 0 Å². The Hall–Kier alpha value is -0.130. The average molecular weight is 273 g/mol. The van der Waals surface area contributed by atoms with Crippen molar-refractivity contribution in [3.63, 3.8) is 0 Å². The third-order valence-corrected chi connectivity index (χ3v) is 6.67. The maximum atomic E-state index is 12.0. The van der Waals surface area contributed by atoms with Gasteiger partial charge in [-0.15, -0.1) is 0 Å². The summed E-state index contributed by atoms with van der Waals surface area (Å²) in [5.74, 6) is 0. The third kappa shape index (κ3) is 2.00. The number of hydrogen-bond acceptors (Lipinski definition) is 4. The summed E-state index contributed by atoms with van der Waals surface area (Å²) in [5, 5.41) is 3.15. The van der Waals surface area contributed by atoms with Gasteiger partial charge in [0.15, 0.2) is 9.84 Å². The second-order valence-electron chi connectivity index (χ2n) is 6.37. The lowest BCUT2D eigenvalue weighted by Gasteiger charge is -2.48. The summed E-state index contributed by atoms with van der Waals surface area (Å²) in [6.07, 6.45) is 8.56. The zero-order valence-corrected chi connectivity index (χ0v) is 11.9. The molecule has 2 unspecified atom stereocenters. The molecule has 3 rings (SSSR count). The highest BCUT2D eigenvalue weighted by molar-refractivity contribution is 7.91. The van der Waals surface area contributed by atoms with Crippen molar-refractivity contribution in [2.75, 3.05) is 19.3 Å². The fourth-order valence-corrected chi connectivity index (χ4v) is 5.86. The Bertz CT molecular complexity index is 428. The Kier molecular flexibility index (Phi) is 2.99. The van der Waals surface area contributed by atoms with Gasteiger partial charge in [0.1, 0.15) is 0 Å². The number of morpholine rings is 1. The minimum atomic E-state index is -3.02. The van der Waals surface area contributed by atoms with Crippen LogP contribution in [0.2, 0.25) is 0 Å². The zero-order chi connectivity index (χ0) is 12.9. The van der Waals surface area contributed by atoms with Gasteiger partial charge in [-0.1, -0.05) is 12.8 Å². The van der Waals surface area contributed by atoms with E-state index in [-0.39, 0.29) is 10.9 Å². The predicted octanol–water partition coefficient (Wildman–Crippen LogP) is 1.25. The molecule has 4 nitrogen and oxygen atoms in total. The monoisotopic (exact) mass is 273 g/mol. The normalized spacial score (nSPS) is 39.7. The average Bonchev–Trinajstić information content (AvgIpc) is 2.86. The van der Waals surface area contributed by atoms with E-state index in [0.29, 0.717) is 6.54 Å². The van der Waals surface area contributed by atoms with Crippen LogP contribution in [0.4, 0.5) is 0 Å². The molecule has 1 heterocycles. The van der Waals surface area contributed by atoms with Crippen molar-refractivity contribution in [2.45, 2.75) is 61.4 Å². The smallest absolute Gasteiger partial charge is 0.153 e. The van der Waals surface area contributed by atoms with Gasteiger partial charge in [0.25, 0.3) is 0 Å². The van der Waals surface area contributed by atoms with Crippen LogP contribution in [0.5, 0.6) is 0 Å². The van der Waals surface area contributed by atoms with Crippen LogP contribution in [0.15, 0.2) is 0 Å². The molecule has 2 saturated carbocycles. The predicted molar refractivity (Wildman–Crippen MR) is 70.4 cm³/mol. The molecule has 1 aliphatic heterocycles. The Balaban J connectivity index is 1.89. The minimum Gasteiger partial charge on any atom is -0.365 e. The second-order valence-corrected chi connectivity index (χ2v) is 8.60. The van der Waals surface area contributed by atoms with E-state index in [1.165, 1.54) is 19.1 Å². The molecule has 5 heteroatoms. The Morgan fingerprint density at radius 1 is 1.11 bits per heavy atom. The van der Waals surface area contributed by atoms with E-state index in [9.17, 15) is 8.42 Å². The minimum absolute atomic E-state index is 0.0778. The Morgan fingerprint density at radius 3 is 2.50 bits per heavy atom. The quantitative estimate of drug-likeness (QED) is 0.781. The summed E-state index contributed by atoms with van der Waals surface area (Å²) < 4.78 is 30.5. The first-order valence-electron chi connectivity index (χ1n) is 7.06. The van der Waals surface area contributed by atoms with E-state index < -0.39 is 15.4 Å². The van der Waals surface area contributed by atoms with Gasteiger partial charge < -0.3 is 10.1 Å². The standard InChI is InChI=1S/C13H23NO3S/c1-18(15,16)11-5-4-8-13(11)10-14-9-12(17-13)6-2-3-7-12/h11,14H,2-10H2,1H3. The van der Waals surface area contributed by atoms with E-state index in [1.807, 2.05) is 0 Å². The number of nitrogens with one attached hydrogen (secondary N) is 1. The summed E-state index contributed by atoms with van der Waals surface area (Å²) in [5.41, 5.74) is -0.526. The third-order valence-electron chi connectivity index (χ3n) is 4.98. The van der Waals surface area contributed by atoms with Crippen molar-refractivity contribution in [3.8, 4) is 0 Å². The van der Waals surface area contributed by atoms with Crippen LogP contribution >= 0.6 is 0 Å². The molecule has 0 aromatic heterocycles. The molecule has 0 bridgehead atoms. The highest BCUT2D eigenvalue weighted by atomic mass is 32.2. The number of ether oxygens (including phenoxy) is 1. The summed E-state index contributed by atoms with van der Waals surface area (Å²) >= 11 is 0. The van der Waals surface area contributed by atoms with Crippen molar-refractivity contribution >= 4 is 9.84 Å². The number of sulfone groups is 1.